The van der Waals surface area contributed by atoms with Crippen LogP contribution < -0.4 is 5.32 Å². The Kier molecular flexibility index (Phi) is 5.00. The molecule has 4 heteroatoms. The molecule has 2 unspecified atom stereocenters. The number of nitrogens with one attached hydrogen (secondary N) is 1. The number of carbonyl (C=O) groups is 1. The molecule has 1 aliphatic carbocycles. The van der Waals surface area contributed by atoms with Crippen LogP contribution in [0.1, 0.15) is 40.0 Å². The first-order valence-electron chi connectivity index (χ1n) is 6.18. The molecule has 0 bridgehead atoms. The van der Waals surface area contributed by atoms with Crippen LogP contribution in [0.25, 0.3) is 0 Å². The first-order chi connectivity index (χ1) is 7.92. The number of rotatable bonds is 3. The molecule has 0 spiro atoms. The first kappa shape index (κ1) is 14.0. The van der Waals surface area contributed by atoms with Gasteiger partial charge in [-0.15, -0.1) is 0 Å². The van der Waals surface area contributed by atoms with Gasteiger partial charge in [0.1, 0.15) is 5.60 Å². The molecular formula is C13H23NO3. The van der Waals surface area contributed by atoms with Crippen LogP contribution in [0.2, 0.25) is 0 Å². The van der Waals surface area contributed by atoms with E-state index >= 15 is 0 Å². The number of hydrogen-bond donors (Lipinski definition) is 2. The third-order valence-corrected chi connectivity index (χ3v) is 2.78. The van der Waals surface area contributed by atoms with Gasteiger partial charge in [0.05, 0.1) is 12.6 Å². The maximum absolute atomic E-state index is 11.6. The molecule has 0 aromatic heterocycles. The van der Waals surface area contributed by atoms with Crippen molar-refractivity contribution in [3.63, 3.8) is 0 Å². The van der Waals surface area contributed by atoms with Gasteiger partial charge in [0.2, 0.25) is 0 Å². The van der Waals surface area contributed by atoms with E-state index in [1.807, 2.05) is 20.8 Å². The Morgan fingerprint density at radius 2 is 2.24 bits per heavy atom. The van der Waals surface area contributed by atoms with Crippen LogP contribution in [0.15, 0.2) is 12.2 Å². The van der Waals surface area contributed by atoms with Gasteiger partial charge < -0.3 is 15.2 Å². The Labute approximate surface area is 103 Å². The highest BCUT2D eigenvalue weighted by Crippen LogP contribution is 2.21. The average Bonchev–Trinajstić information content (AvgIpc) is 2.24. The van der Waals surface area contributed by atoms with Crippen LogP contribution >= 0.6 is 0 Å². The number of allylic oxidation sites excluding steroid dienone is 2. The fraction of sp³-hybridized carbons (Fsp3) is 0.769. The minimum atomic E-state index is -0.503. The quantitative estimate of drug-likeness (QED) is 0.745. The third kappa shape index (κ3) is 5.22. The summed E-state index contributed by atoms with van der Waals surface area (Å²) >= 11 is 0. The second-order valence-electron chi connectivity index (χ2n) is 5.48. The van der Waals surface area contributed by atoms with Crippen molar-refractivity contribution in [1.29, 1.82) is 0 Å². The van der Waals surface area contributed by atoms with Crippen LogP contribution in [0, 0.1) is 5.92 Å². The number of amides is 1. The first-order valence-corrected chi connectivity index (χ1v) is 6.18. The predicted octanol–water partition coefficient (Wildman–Crippen LogP) is 2.23. The third-order valence-electron chi connectivity index (χ3n) is 2.78. The van der Waals surface area contributed by atoms with Crippen molar-refractivity contribution in [3.05, 3.63) is 12.2 Å². The molecule has 17 heavy (non-hydrogen) atoms. The minimum absolute atomic E-state index is 0.0439. The molecule has 2 N–H and O–H groups in total. The van der Waals surface area contributed by atoms with Gasteiger partial charge in [-0.3, -0.25) is 0 Å². The number of alkyl carbamates (subject to hydrolysis) is 1. The van der Waals surface area contributed by atoms with Gasteiger partial charge in [0.25, 0.3) is 0 Å². The van der Waals surface area contributed by atoms with Gasteiger partial charge in [-0.05, 0) is 46.0 Å². The van der Waals surface area contributed by atoms with Crippen molar-refractivity contribution in [1.82, 2.24) is 5.32 Å². The molecule has 0 saturated heterocycles. The molecule has 1 aliphatic rings. The highest BCUT2D eigenvalue weighted by molar-refractivity contribution is 5.68. The van der Waals surface area contributed by atoms with Crippen molar-refractivity contribution >= 4 is 6.09 Å². The van der Waals surface area contributed by atoms with Crippen molar-refractivity contribution in [3.8, 4) is 0 Å². The second kappa shape index (κ2) is 6.05. The molecule has 0 aliphatic heterocycles. The van der Waals surface area contributed by atoms with E-state index in [1.165, 1.54) is 0 Å². The number of ether oxygens (including phenoxy) is 1. The predicted molar refractivity (Wildman–Crippen MR) is 66.7 cm³/mol. The molecule has 98 valence electrons. The smallest absolute Gasteiger partial charge is 0.407 e. The van der Waals surface area contributed by atoms with Gasteiger partial charge in [-0.2, -0.15) is 0 Å². The Bertz CT molecular complexity index is 281. The zero-order valence-corrected chi connectivity index (χ0v) is 10.9. The number of aliphatic hydroxyl groups is 1. The van der Waals surface area contributed by atoms with E-state index in [0.29, 0.717) is 5.92 Å². The van der Waals surface area contributed by atoms with E-state index in [-0.39, 0.29) is 12.6 Å². The molecule has 0 aromatic rings. The normalized spacial score (nSPS) is 22.0. The van der Waals surface area contributed by atoms with Gasteiger partial charge in [-0.1, -0.05) is 12.2 Å². The van der Waals surface area contributed by atoms with Crippen LogP contribution in [0.4, 0.5) is 4.79 Å². The summed E-state index contributed by atoms with van der Waals surface area (Å²) in [6.07, 6.45) is 6.70. The van der Waals surface area contributed by atoms with E-state index < -0.39 is 11.7 Å². The van der Waals surface area contributed by atoms with Gasteiger partial charge in [-0.25, -0.2) is 4.79 Å². The summed E-state index contributed by atoms with van der Waals surface area (Å²) in [7, 11) is 0. The highest BCUT2D eigenvalue weighted by Gasteiger charge is 2.25. The fourth-order valence-electron chi connectivity index (χ4n) is 1.95. The zero-order valence-electron chi connectivity index (χ0n) is 10.9. The van der Waals surface area contributed by atoms with Crippen LogP contribution in [0.5, 0.6) is 0 Å². The summed E-state index contributed by atoms with van der Waals surface area (Å²) in [5.41, 5.74) is -0.503. The van der Waals surface area contributed by atoms with Crippen LogP contribution in [-0.4, -0.2) is 29.4 Å². The van der Waals surface area contributed by atoms with Gasteiger partial charge in [0.15, 0.2) is 0 Å². The molecule has 0 aromatic carbocycles. The van der Waals surface area contributed by atoms with E-state index in [4.69, 9.17) is 4.74 Å². The maximum atomic E-state index is 11.6. The van der Waals surface area contributed by atoms with E-state index in [0.717, 1.165) is 19.3 Å². The van der Waals surface area contributed by atoms with Gasteiger partial charge >= 0.3 is 6.09 Å². The number of carbonyl (C=O) groups excluding carboxylic acids is 1. The summed E-state index contributed by atoms with van der Waals surface area (Å²) in [5.74, 6) is 0.303. The van der Waals surface area contributed by atoms with Crippen LogP contribution in [-0.2, 0) is 4.74 Å². The SMILES string of the molecule is CC(C)(C)OC(=O)NC(CO)C1CC=CCC1. The average molecular weight is 241 g/mol. The largest absolute Gasteiger partial charge is 0.444 e. The standard InChI is InChI=1S/C13H23NO3/c1-13(2,3)17-12(16)14-11(9-15)10-7-5-4-6-8-10/h4-5,10-11,15H,6-9H2,1-3H3,(H,14,16). The molecule has 0 heterocycles. The van der Waals surface area contributed by atoms with E-state index in [2.05, 4.69) is 17.5 Å². The molecule has 0 saturated carbocycles. The highest BCUT2D eigenvalue weighted by atomic mass is 16.6. The lowest BCUT2D eigenvalue weighted by atomic mass is 9.88. The summed E-state index contributed by atoms with van der Waals surface area (Å²) in [6.45, 7) is 5.43. The Hall–Kier alpha value is -1.03. The second-order valence-corrected chi connectivity index (χ2v) is 5.48. The zero-order chi connectivity index (χ0) is 12.9. The molecular weight excluding hydrogens is 218 g/mol. The fourth-order valence-corrected chi connectivity index (χ4v) is 1.95. The Morgan fingerprint density at radius 3 is 2.71 bits per heavy atom. The van der Waals surface area contributed by atoms with Crippen molar-refractivity contribution in [2.24, 2.45) is 5.92 Å². The van der Waals surface area contributed by atoms with E-state index in [1.54, 1.807) is 0 Å². The monoisotopic (exact) mass is 241 g/mol. The molecule has 1 rings (SSSR count). The van der Waals surface area contributed by atoms with Crippen molar-refractivity contribution in [2.45, 2.75) is 51.7 Å². The number of aliphatic hydroxyl groups excluding tert-OH is 1. The lowest BCUT2D eigenvalue weighted by molar-refractivity contribution is 0.0450. The van der Waals surface area contributed by atoms with Crippen molar-refractivity contribution < 1.29 is 14.6 Å². The topological polar surface area (TPSA) is 58.6 Å². The summed E-state index contributed by atoms with van der Waals surface area (Å²) in [5, 5.41) is 12.1. The molecule has 2 atom stereocenters. The number of hydrogen-bond acceptors (Lipinski definition) is 3. The minimum Gasteiger partial charge on any atom is -0.444 e. The van der Waals surface area contributed by atoms with Crippen molar-refractivity contribution in [2.75, 3.05) is 6.61 Å². The molecule has 4 nitrogen and oxygen atoms in total. The summed E-state index contributed by atoms with van der Waals surface area (Å²) in [6, 6.07) is -0.213. The lowest BCUT2D eigenvalue weighted by Crippen LogP contribution is -2.45. The Balaban J connectivity index is 2.46. The lowest BCUT2D eigenvalue weighted by Gasteiger charge is -2.28. The summed E-state index contributed by atoms with van der Waals surface area (Å²) < 4.78 is 5.18. The molecule has 0 fully saturated rings. The maximum Gasteiger partial charge on any atom is 0.407 e. The molecule has 1 amide bonds. The Morgan fingerprint density at radius 1 is 1.53 bits per heavy atom. The van der Waals surface area contributed by atoms with E-state index in [9.17, 15) is 9.90 Å². The molecule has 0 radical (unpaired) electrons. The van der Waals surface area contributed by atoms with Crippen LogP contribution in [0.3, 0.4) is 0 Å². The van der Waals surface area contributed by atoms with Gasteiger partial charge in [0, 0.05) is 0 Å². The summed E-state index contributed by atoms with van der Waals surface area (Å²) in [4.78, 5) is 11.6.